The van der Waals surface area contributed by atoms with Crippen molar-refractivity contribution in [3.8, 4) is 5.75 Å². The molecule has 1 aliphatic rings. The summed E-state index contributed by atoms with van der Waals surface area (Å²) in [6.07, 6.45) is 7.76. The smallest absolute Gasteiger partial charge is 0.119 e. The quantitative estimate of drug-likeness (QED) is 0.564. The van der Waals surface area contributed by atoms with E-state index in [0.717, 1.165) is 24.0 Å². The Kier molecular flexibility index (Phi) is 5.96. The molecule has 0 aromatic heterocycles. The van der Waals surface area contributed by atoms with E-state index < -0.39 is 0 Å². The number of aryl methyl sites for hydroxylation is 1. The number of hydrogen-bond acceptors (Lipinski definition) is 1. The van der Waals surface area contributed by atoms with Crippen LogP contribution in [0.25, 0.3) is 0 Å². The van der Waals surface area contributed by atoms with Gasteiger partial charge in [-0.2, -0.15) is 0 Å². The Morgan fingerprint density at radius 3 is 2.46 bits per heavy atom. The van der Waals surface area contributed by atoms with Crippen LogP contribution in [0, 0.1) is 5.92 Å². The molecule has 128 valence electrons. The van der Waals surface area contributed by atoms with E-state index in [9.17, 15) is 0 Å². The maximum atomic E-state index is 5.99. The number of rotatable bonds is 7. The second-order valence-corrected chi connectivity index (χ2v) is 7.21. The third-order valence-electron chi connectivity index (χ3n) is 5.41. The minimum Gasteiger partial charge on any atom is -0.489 e. The van der Waals surface area contributed by atoms with E-state index in [1.807, 2.05) is 0 Å². The van der Waals surface area contributed by atoms with Gasteiger partial charge in [-0.3, -0.25) is 0 Å². The molecule has 0 heterocycles. The summed E-state index contributed by atoms with van der Waals surface area (Å²) in [5, 5.41) is 0. The normalized spacial score (nSPS) is 20.2. The van der Waals surface area contributed by atoms with Gasteiger partial charge in [0, 0.05) is 0 Å². The fraction of sp³-hybridized carbons (Fsp3) is 0.478. The van der Waals surface area contributed by atoms with Gasteiger partial charge in [-0.1, -0.05) is 63.1 Å². The summed E-state index contributed by atoms with van der Waals surface area (Å²) in [6, 6.07) is 17.6. The Hall–Kier alpha value is -1.76. The van der Waals surface area contributed by atoms with Crippen LogP contribution in [0.3, 0.4) is 0 Å². The Bertz CT molecular complexity index is 629. The first-order valence-electron chi connectivity index (χ1n) is 9.59. The second-order valence-electron chi connectivity index (χ2n) is 7.21. The van der Waals surface area contributed by atoms with Crippen molar-refractivity contribution in [2.24, 2.45) is 5.92 Å². The first kappa shape index (κ1) is 17.1. The van der Waals surface area contributed by atoms with Crippen molar-refractivity contribution >= 4 is 0 Å². The van der Waals surface area contributed by atoms with Crippen LogP contribution in [0.5, 0.6) is 5.75 Å². The van der Waals surface area contributed by atoms with Crippen LogP contribution >= 0.6 is 0 Å². The van der Waals surface area contributed by atoms with E-state index in [4.69, 9.17) is 4.74 Å². The van der Waals surface area contributed by atoms with Gasteiger partial charge in [0.1, 0.15) is 12.4 Å². The molecule has 3 rings (SSSR count). The molecular formula is C23H30O. The lowest BCUT2D eigenvalue weighted by Gasteiger charge is -2.12. The van der Waals surface area contributed by atoms with Gasteiger partial charge in [-0.25, -0.2) is 0 Å². The summed E-state index contributed by atoms with van der Waals surface area (Å²) in [5.74, 6) is 2.67. The van der Waals surface area contributed by atoms with Crippen LogP contribution in [-0.2, 0) is 13.0 Å². The molecule has 2 unspecified atom stereocenters. The van der Waals surface area contributed by atoms with Gasteiger partial charge in [0.25, 0.3) is 0 Å². The molecule has 2 atom stereocenters. The van der Waals surface area contributed by atoms with Gasteiger partial charge < -0.3 is 4.74 Å². The Morgan fingerprint density at radius 2 is 1.75 bits per heavy atom. The molecule has 1 nitrogen and oxygen atoms in total. The van der Waals surface area contributed by atoms with E-state index in [1.165, 1.54) is 48.8 Å². The Balaban J connectivity index is 1.56. The summed E-state index contributed by atoms with van der Waals surface area (Å²) in [4.78, 5) is 0. The zero-order valence-corrected chi connectivity index (χ0v) is 15.1. The van der Waals surface area contributed by atoms with Crippen LogP contribution < -0.4 is 4.74 Å². The molecular weight excluding hydrogens is 292 g/mol. The number of ether oxygens (including phenoxy) is 1. The number of benzene rings is 2. The lowest BCUT2D eigenvalue weighted by molar-refractivity contribution is 0.306. The second kappa shape index (κ2) is 8.37. The van der Waals surface area contributed by atoms with Gasteiger partial charge in [-0.05, 0) is 66.3 Å². The number of hydrogen-bond donors (Lipinski definition) is 0. The molecule has 0 N–H and O–H groups in total. The standard InChI is InChI=1S/C23H30O/c1-3-6-19-7-5-8-20(15-19)17-24-23-13-11-21(12-14-23)22-10-9-18(4-2)16-22/h5,7-8,11-15,18,22H,3-4,6,9-10,16-17H2,1-2H3. The third kappa shape index (κ3) is 4.41. The minimum absolute atomic E-state index is 0.651. The van der Waals surface area contributed by atoms with Crippen molar-refractivity contribution in [3.05, 3.63) is 65.2 Å². The topological polar surface area (TPSA) is 9.23 Å². The molecule has 1 saturated carbocycles. The van der Waals surface area contributed by atoms with Crippen molar-refractivity contribution in [1.29, 1.82) is 0 Å². The Morgan fingerprint density at radius 1 is 0.958 bits per heavy atom. The maximum absolute atomic E-state index is 5.99. The van der Waals surface area contributed by atoms with Crippen molar-refractivity contribution in [2.45, 2.75) is 64.9 Å². The lowest BCUT2D eigenvalue weighted by atomic mass is 9.95. The molecule has 0 amide bonds. The Labute approximate surface area is 147 Å². The molecule has 0 saturated heterocycles. The monoisotopic (exact) mass is 322 g/mol. The maximum Gasteiger partial charge on any atom is 0.119 e. The molecule has 0 spiro atoms. The molecule has 1 aliphatic carbocycles. The predicted molar refractivity (Wildman–Crippen MR) is 102 cm³/mol. The molecule has 0 aliphatic heterocycles. The fourth-order valence-corrected chi connectivity index (χ4v) is 3.92. The highest BCUT2D eigenvalue weighted by Crippen LogP contribution is 2.39. The lowest BCUT2D eigenvalue weighted by Crippen LogP contribution is -1.98. The largest absolute Gasteiger partial charge is 0.489 e. The molecule has 0 bridgehead atoms. The molecule has 24 heavy (non-hydrogen) atoms. The average Bonchev–Trinajstić information content (AvgIpc) is 3.10. The van der Waals surface area contributed by atoms with Crippen LogP contribution in [0.4, 0.5) is 0 Å². The summed E-state index contributed by atoms with van der Waals surface area (Å²) < 4.78 is 5.99. The summed E-state index contributed by atoms with van der Waals surface area (Å²) in [7, 11) is 0. The zero-order valence-electron chi connectivity index (χ0n) is 15.1. The van der Waals surface area contributed by atoms with Gasteiger partial charge in [0.15, 0.2) is 0 Å². The summed E-state index contributed by atoms with van der Waals surface area (Å²) in [5.41, 5.74) is 4.15. The van der Waals surface area contributed by atoms with Crippen molar-refractivity contribution in [3.63, 3.8) is 0 Å². The predicted octanol–water partition coefficient (Wildman–Crippen LogP) is 6.51. The average molecular weight is 322 g/mol. The molecule has 2 aromatic carbocycles. The van der Waals surface area contributed by atoms with E-state index in [-0.39, 0.29) is 0 Å². The van der Waals surface area contributed by atoms with Crippen LogP contribution in [0.15, 0.2) is 48.5 Å². The molecule has 1 heteroatoms. The van der Waals surface area contributed by atoms with E-state index >= 15 is 0 Å². The first-order chi connectivity index (χ1) is 11.8. The highest BCUT2D eigenvalue weighted by molar-refractivity contribution is 5.31. The van der Waals surface area contributed by atoms with Crippen LogP contribution in [-0.4, -0.2) is 0 Å². The molecule has 1 fully saturated rings. The highest BCUT2D eigenvalue weighted by atomic mass is 16.5. The van der Waals surface area contributed by atoms with Gasteiger partial charge in [0.2, 0.25) is 0 Å². The van der Waals surface area contributed by atoms with Crippen molar-refractivity contribution in [1.82, 2.24) is 0 Å². The summed E-state index contributed by atoms with van der Waals surface area (Å²) >= 11 is 0. The highest BCUT2D eigenvalue weighted by Gasteiger charge is 2.24. The van der Waals surface area contributed by atoms with Crippen molar-refractivity contribution in [2.75, 3.05) is 0 Å². The van der Waals surface area contributed by atoms with Gasteiger partial charge in [0.05, 0.1) is 0 Å². The minimum atomic E-state index is 0.651. The van der Waals surface area contributed by atoms with Crippen LogP contribution in [0.1, 0.15) is 68.6 Å². The zero-order chi connectivity index (χ0) is 16.8. The molecule has 2 aromatic rings. The third-order valence-corrected chi connectivity index (χ3v) is 5.41. The van der Waals surface area contributed by atoms with Gasteiger partial charge in [-0.15, -0.1) is 0 Å². The SMILES string of the molecule is CCCc1cccc(COc2ccc(C3CCC(CC)C3)cc2)c1. The fourth-order valence-electron chi connectivity index (χ4n) is 3.92. The van der Waals surface area contributed by atoms with Crippen LogP contribution in [0.2, 0.25) is 0 Å². The first-order valence-corrected chi connectivity index (χ1v) is 9.59. The van der Waals surface area contributed by atoms with E-state index in [2.05, 4.69) is 62.4 Å². The summed E-state index contributed by atoms with van der Waals surface area (Å²) in [6.45, 7) is 5.19. The van der Waals surface area contributed by atoms with Crippen molar-refractivity contribution < 1.29 is 4.74 Å². The molecule has 0 radical (unpaired) electrons. The van der Waals surface area contributed by atoms with Gasteiger partial charge >= 0.3 is 0 Å². The van der Waals surface area contributed by atoms with E-state index in [0.29, 0.717) is 6.61 Å². The van der Waals surface area contributed by atoms with E-state index in [1.54, 1.807) is 0 Å².